The number of nitrogens with zero attached hydrogens (tertiary/aromatic N) is 1. The van der Waals surface area contributed by atoms with Gasteiger partial charge in [0.05, 0.1) is 23.4 Å². The molecule has 0 aliphatic carbocycles. The number of methoxy groups -OCH3 is 1. The Bertz CT molecular complexity index is 365. The molecule has 1 unspecified atom stereocenters. The van der Waals surface area contributed by atoms with E-state index in [-0.39, 0.29) is 19.1 Å². The molecule has 6 heteroatoms. The zero-order chi connectivity index (χ0) is 12.1. The van der Waals surface area contributed by atoms with E-state index >= 15 is 0 Å². The third-order valence-electron chi connectivity index (χ3n) is 1.97. The number of nitrogens with one attached hydrogen (secondary N) is 1. The number of thiazole rings is 1. The van der Waals surface area contributed by atoms with Crippen molar-refractivity contribution < 1.29 is 14.6 Å². The highest BCUT2D eigenvalue weighted by Gasteiger charge is 2.14. The largest absolute Gasteiger partial charge is 0.389 e. The molecule has 0 bridgehead atoms. The Morgan fingerprint density at radius 1 is 1.62 bits per heavy atom. The van der Waals surface area contributed by atoms with Crippen LogP contribution >= 0.6 is 11.3 Å². The quantitative estimate of drug-likeness (QED) is 0.791. The molecule has 1 heterocycles. The molecule has 1 atom stereocenters. The lowest BCUT2D eigenvalue weighted by molar-refractivity contribution is 0.0610. The van der Waals surface area contributed by atoms with E-state index in [1.54, 1.807) is 6.92 Å². The van der Waals surface area contributed by atoms with E-state index in [1.807, 2.05) is 6.92 Å². The van der Waals surface area contributed by atoms with Crippen LogP contribution in [0.2, 0.25) is 0 Å². The molecule has 1 amide bonds. The second-order valence-electron chi connectivity index (χ2n) is 3.47. The van der Waals surface area contributed by atoms with Crippen molar-refractivity contribution in [2.24, 2.45) is 0 Å². The van der Waals surface area contributed by atoms with Gasteiger partial charge in [-0.1, -0.05) is 0 Å². The van der Waals surface area contributed by atoms with Crippen LogP contribution in [0, 0.1) is 13.8 Å². The zero-order valence-corrected chi connectivity index (χ0v) is 10.4. The van der Waals surface area contributed by atoms with Crippen molar-refractivity contribution in [2.45, 2.75) is 20.0 Å². The van der Waals surface area contributed by atoms with Gasteiger partial charge >= 0.3 is 0 Å². The number of amides is 1. The summed E-state index contributed by atoms with van der Waals surface area (Å²) in [6, 6.07) is 0. The molecule has 0 saturated carbocycles. The van der Waals surface area contributed by atoms with Crippen molar-refractivity contribution in [3.63, 3.8) is 0 Å². The molecule has 0 fully saturated rings. The van der Waals surface area contributed by atoms with E-state index in [0.717, 1.165) is 10.7 Å². The molecule has 1 aromatic heterocycles. The van der Waals surface area contributed by atoms with Gasteiger partial charge in [-0.3, -0.25) is 4.79 Å². The molecule has 1 aromatic rings. The summed E-state index contributed by atoms with van der Waals surface area (Å²) < 4.78 is 4.76. The van der Waals surface area contributed by atoms with E-state index < -0.39 is 6.10 Å². The number of hydrogen-bond acceptors (Lipinski definition) is 5. The number of rotatable bonds is 5. The van der Waals surface area contributed by atoms with Gasteiger partial charge < -0.3 is 15.2 Å². The van der Waals surface area contributed by atoms with Crippen LogP contribution in [0.1, 0.15) is 20.4 Å². The van der Waals surface area contributed by atoms with Gasteiger partial charge in [-0.2, -0.15) is 0 Å². The average molecular weight is 244 g/mol. The van der Waals surface area contributed by atoms with Gasteiger partial charge in [0.2, 0.25) is 0 Å². The topological polar surface area (TPSA) is 71.5 Å². The normalized spacial score (nSPS) is 12.5. The number of carbonyl (C=O) groups excluding carboxylic acids is 1. The Labute approximate surface area is 98.5 Å². The van der Waals surface area contributed by atoms with Crippen molar-refractivity contribution in [3.05, 3.63) is 15.6 Å². The van der Waals surface area contributed by atoms with Crippen molar-refractivity contribution in [1.82, 2.24) is 10.3 Å². The summed E-state index contributed by atoms with van der Waals surface area (Å²) in [5.74, 6) is -0.196. The number of aliphatic hydroxyl groups excluding tert-OH is 1. The first-order valence-electron chi connectivity index (χ1n) is 4.93. The number of aryl methyl sites for hydroxylation is 2. The number of carbonyl (C=O) groups is 1. The molecular weight excluding hydrogens is 228 g/mol. The zero-order valence-electron chi connectivity index (χ0n) is 9.61. The molecule has 0 spiro atoms. The van der Waals surface area contributed by atoms with Gasteiger partial charge in [-0.25, -0.2) is 4.98 Å². The van der Waals surface area contributed by atoms with Crippen LogP contribution in [-0.4, -0.2) is 42.4 Å². The maximum Gasteiger partial charge on any atom is 0.263 e. The third-order valence-corrected chi connectivity index (χ3v) is 3.04. The van der Waals surface area contributed by atoms with Gasteiger partial charge in [-0.15, -0.1) is 11.3 Å². The highest BCUT2D eigenvalue weighted by atomic mass is 32.1. The first-order chi connectivity index (χ1) is 7.54. The molecule has 90 valence electrons. The summed E-state index contributed by atoms with van der Waals surface area (Å²) in [5.41, 5.74) is 0.723. The van der Waals surface area contributed by atoms with Crippen LogP contribution in [0.4, 0.5) is 0 Å². The summed E-state index contributed by atoms with van der Waals surface area (Å²) in [6.45, 7) is 4.04. The average Bonchev–Trinajstić information content (AvgIpc) is 2.55. The fourth-order valence-corrected chi connectivity index (χ4v) is 2.12. The van der Waals surface area contributed by atoms with Gasteiger partial charge in [0.25, 0.3) is 5.91 Å². The summed E-state index contributed by atoms with van der Waals surface area (Å²) in [5, 5.41) is 12.9. The lowest BCUT2D eigenvalue weighted by Gasteiger charge is -2.09. The van der Waals surface area contributed by atoms with E-state index in [0.29, 0.717) is 4.88 Å². The minimum atomic E-state index is -0.678. The number of hydrogen-bond donors (Lipinski definition) is 2. The molecule has 0 saturated heterocycles. The van der Waals surface area contributed by atoms with Gasteiger partial charge in [-0.05, 0) is 13.8 Å². The van der Waals surface area contributed by atoms with Gasteiger partial charge in [0.1, 0.15) is 4.88 Å². The van der Waals surface area contributed by atoms with Crippen molar-refractivity contribution in [1.29, 1.82) is 0 Å². The SMILES string of the molecule is COCC(O)CNC(=O)c1sc(C)nc1C. The van der Waals surface area contributed by atoms with Crippen molar-refractivity contribution >= 4 is 17.2 Å². The molecule has 16 heavy (non-hydrogen) atoms. The Kier molecular flexibility index (Phi) is 4.85. The van der Waals surface area contributed by atoms with Gasteiger partial charge in [0.15, 0.2) is 0 Å². The Morgan fingerprint density at radius 3 is 2.81 bits per heavy atom. The van der Waals surface area contributed by atoms with E-state index in [9.17, 15) is 9.90 Å². The third kappa shape index (κ3) is 3.55. The van der Waals surface area contributed by atoms with Crippen molar-refractivity contribution in [2.75, 3.05) is 20.3 Å². The first-order valence-corrected chi connectivity index (χ1v) is 5.75. The summed E-state index contributed by atoms with van der Waals surface area (Å²) in [7, 11) is 1.50. The van der Waals surface area contributed by atoms with Crippen LogP contribution < -0.4 is 5.32 Å². The maximum atomic E-state index is 11.7. The van der Waals surface area contributed by atoms with Crippen LogP contribution in [0.5, 0.6) is 0 Å². The number of ether oxygens (including phenoxy) is 1. The molecule has 0 aromatic carbocycles. The fraction of sp³-hybridized carbons (Fsp3) is 0.600. The molecule has 1 rings (SSSR count). The molecule has 5 nitrogen and oxygen atoms in total. The molecule has 0 aliphatic rings. The fourth-order valence-electron chi connectivity index (χ4n) is 1.28. The lowest BCUT2D eigenvalue weighted by atomic mass is 10.3. The summed E-state index contributed by atoms with van der Waals surface area (Å²) in [4.78, 5) is 16.5. The monoisotopic (exact) mass is 244 g/mol. The molecule has 0 aliphatic heterocycles. The Morgan fingerprint density at radius 2 is 2.31 bits per heavy atom. The Balaban J connectivity index is 2.50. The minimum Gasteiger partial charge on any atom is -0.389 e. The number of aromatic nitrogens is 1. The van der Waals surface area contributed by atoms with Crippen LogP contribution in [0.15, 0.2) is 0 Å². The van der Waals surface area contributed by atoms with Gasteiger partial charge in [0, 0.05) is 13.7 Å². The summed E-state index contributed by atoms with van der Waals surface area (Å²) >= 11 is 1.35. The summed E-state index contributed by atoms with van der Waals surface area (Å²) in [6.07, 6.45) is -0.678. The molecule has 0 radical (unpaired) electrons. The maximum absolute atomic E-state index is 11.7. The van der Waals surface area contributed by atoms with E-state index in [4.69, 9.17) is 4.74 Å². The highest BCUT2D eigenvalue weighted by molar-refractivity contribution is 7.13. The van der Waals surface area contributed by atoms with E-state index in [1.165, 1.54) is 18.4 Å². The van der Waals surface area contributed by atoms with Crippen LogP contribution in [0.3, 0.4) is 0 Å². The minimum absolute atomic E-state index is 0.184. The second-order valence-corrected chi connectivity index (χ2v) is 4.67. The predicted octanol–water partition coefficient (Wildman–Crippen LogP) is 0.497. The first kappa shape index (κ1) is 13.1. The standard InChI is InChI=1S/C10H16N2O3S/c1-6-9(16-7(2)12-6)10(14)11-4-8(13)5-15-3/h8,13H,4-5H2,1-3H3,(H,11,14). The lowest BCUT2D eigenvalue weighted by Crippen LogP contribution is -2.34. The molecular formula is C10H16N2O3S. The Hall–Kier alpha value is -0.980. The highest BCUT2D eigenvalue weighted by Crippen LogP contribution is 2.16. The van der Waals surface area contributed by atoms with E-state index in [2.05, 4.69) is 10.3 Å². The second kappa shape index (κ2) is 5.93. The molecule has 2 N–H and O–H groups in total. The smallest absolute Gasteiger partial charge is 0.263 e. The van der Waals surface area contributed by atoms with Crippen LogP contribution in [-0.2, 0) is 4.74 Å². The van der Waals surface area contributed by atoms with Crippen molar-refractivity contribution in [3.8, 4) is 0 Å². The van der Waals surface area contributed by atoms with Crippen LogP contribution in [0.25, 0.3) is 0 Å². The number of aliphatic hydroxyl groups is 1. The predicted molar refractivity (Wildman–Crippen MR) is 61.8 cm³/mol.